The van der Waals surface area contributed by atoms with E-state index in [4.69, 9.17) is 14.0 Å². The van der Waals surface area contributed by atoms with E-state index in [1.807, 2.05) is 0 Å². The first kappa shape index (κ1) is 13.9. The zero-order valence-corrected chi connectivity index (χ0v) is 10.4. The van der Waals surface area contributed by atoms with Crippen molar-refractivity contribution in [3.63, 3.8) is 0 Å². The number of hydrogen-bond donors (Lipinski definition) is 3. The van der Waals surface area contributed by atoms with Crippen LogP contribution in [0.2, 0.25) is 0 Å². The van der Waals surface area contributed by atoms with Crippen LogP contribution in [0.5, 0.6) is 0 Å². The van der Waals surface area contributed by atoms with Crippen LogP contribution in [0.15, 0.2) is 24.3 Å². The highest BCUT2D eigenvalue weighted by molar-refractivity contribution is 6.61. The lowest BCUT2D eigenvalue weighted by molar-refractivity contribution is -0.297. The van der Waals surface area contributed by atoms with Gasteiger partial charge in [-0.25, -0.2) is 4.39 Å². The molecule has 20 heavy (non-hydrogen) atoms. The van der Waals surface area contributed by atoms with Crippen LogP contribution in [-0.2, 0) is 14.0 Å². The Morgan fingerprint density at radius 2 is 1.75 bits per heavy atom. The molecule has 2 heterocycles. The normalized spacial score (nSPS) is 37.0. The van der Waals surface area contributed by atoms with Gasteiger partial charge in [0.15, 0.2) is 6.29 Å². The smallest absolute Gasteiger partial charge is 0.399 e. The summed E-state index contributed by atoms with van der Waals surface area (Å²) in [5.74, 6) is -0.388. The standard InChI is InChI=1S/C12H14BFO6/c14-7-3-1-6(2-4-7)13-19-10-8(5-15)18-12(17)11(20-13)9(10)16/h1-4,8-12,15-17H,5H2/t8-,9+,10-,11-,12?/m1/s1. The molecule has 2 aliphatic heterocycles. The maximum atomic E-state index is 12.9. The first-order chi connectivity index (χ1) is 9.60. The fourth-order valence-corrected chi connectivity index (χ4v) is 2.47. The van der Waals surface area contributed by atoms with Crippen LogP contribution in [0, 0.1) is 5.82 Å². The molecule has 108 valence electrons. The van der Waals surface area contributed by atoms with Gasteiger partial charge in [0, 0.05) is 0 Å². The van der Waals surface area contributed by atoms with E-state index in [0.717, 1.165) is 0 Å². The van der Waals surface area contributed by atoms with E-state index in [1.54, 1.807) is 0 Å². The topological polar surface area (TPSA) is 88.4 Å². The fourth-order valence-electron chi connectivity index (χ4n) is 2.47. The maximum Gasteiger partial charge on any atom is 0.494 e. The molecule has 0 aromatic heterocycles. The predicted octanol–water partition coefficient (Wildman–Crippen LogP) is -1.62. The molecular weight excluding hydrogens is 270 g/mol. The second-order valence-electron chi connectivity index (χ2n) is 4.82. The Morgan fingerprint density at radius 3 is 2.40 bits per heavy atom. The molecule has 3 N–H and O–H groups in total. The van der Waals surface area contributed by atoms with E-state index in [-0.39, 0.29) is 5.82 Å². The molecule has 3 rings (SSSR count). The van der Waals surface area contributed by atoms with Gasteiger partial charge in [-0.3, -0.25) is 0 Å². The minimum Gasteiger partial charge on any atom is -0.399 e. The maximum absolute atomic E-state index is 12.9. The average molecular weight is 284 g/mol. The Balaban J connectivity index is 1.84. The Hall–Kier alpha value is -1.03. The number of halogens is 1. The zero-order valence-electron chi connectivity index (χ0n) is 10.4. The second kappa shape index (κ2) is 5.40. The summed E-state index contributed by atoms with van der Waals surface area (Å²) in [4.78, 5) is 0. The lowest BCUT2D eigenvalue weighted by Crippen LogP contribution is -2.68. The molecule has 2 bridgehead atoms. The summed E-state index contributed by atoms with van der Waals surface area (Å²) in [6.07, 6.45) is -5.11. The third-order valence-electron chi connectivity index (χ3n) is 3.52. The van der Waals surface area contributed by atoms with Gasteiger partial charge in [-0.1, -0.05) is 12.1 Å². The van der Waals surface area contributed by atoms with Gasteiger partial charge in [0.25, 0.3) is 0 Å². The number of hydrogen-bond acceptors (Lipinski definition) is 6. The minimum atomic E-state index is -1.36. The molecule has 2 fully saturated rings. The van der Waals surface area contributed by atoms with E-state index in [1.165, 1.54) is 24.3 Å². The Bertz CT molecular complexity index is 470. The first-order valence-electron chi connectivity index (χ1n) is 6.29. The van der Waals surface area contributed by atoms with Crippen molar-refractivity contribution in [2.75, 3.05) is 6.61 Å². The summed E-state index contributed by atoms with van der Waals surface area (Å²) in [7, 11) is -0.860. The monoisotopic (exact) mass is 284 g/mol. The zero-order chi connectivity index (χ0) is 14.3. The third kappa shape index (κ3) is 2.35. The largest absolute Gasteiger partial charge is 0.494 e. The van der Waals surface area contributed by atoms with E-state index >= 15 is 0 Å². The van der Waals surface area contributed by atoms with Crippen molar-refractivity contribution in [1.29, 1.82) is 0 Å². The molecule has 2 saturated heterocycles. The van der Waals surface area contributed by atoms with Crippen LogP contribution in [0.1, 0.15) is 0 Å². The van der Waals surface area contributed by atoms with Gasteiger partial charge in [0.05, 0.1) is 6.61 Å². The van der Waals surface area contributed by atoms with Crippen LogP contribution in [0.3, 0.4) is 0 Å². The van der Waals surface area contributed by atoms with Crippen molar-refractivity contribution in [2.24, 2.45) is 0 Å². The van der Waals surface area contributed by atoms with E-state index in [0.29, 0.717) is 5.46 Å². The average Bonchev–Trinajstić information content (AvgIpc) is 2.44. The number of ether oxygens (including phenoxy) is 1. The van der Waals surface area contributed by atoms with Gasteiger partial charge in [-0.2, -0.15) is 0 Å². The highest BCUT2D eigenvalue weighted by atomic mass is 19.1. The van der Waals surface area contributed by atoms with E-state index in [9.17, 15) is 19.7 Å². The van der Waals surface area contributed by atoms with Crippen LogP contribution < -0.4 is 5.46 Å². The molecule has 1 aromatic carbocycles. The molecule has 5 atom stereocenters. The lowest BCUT2D eigenvalue weighted by atomic mass is 9.75. The van der Waals surface area contributed by atoms with E-state index < -0.39 is 44.4 Å². The summed E-state index contributed by atoms with van der Waals surface area (Å²) in [6.45, 7) is -0.401. The van der Waals surface area contributed by atoms with Gasteiger partial charge in [0.2, 0.25) is 0 Å². The van der Waals surface area contributed by atoms with Crippen LogP contribution in [0.25, 0.3) is 0 Å². The first-order valence-corrected chi connectivity index (χ1v) is 6.29. The molecule has 1 unspecified atom stereocenters. The number of aliphatic hydroxyl groups excluding tert-OH is 3. The third-order valence-corrected chi connectivity index (χ3v) is 3.52. The quantitative estimate of drug-likeness (QED) is 0.565. The molecule has 0 saturated carbocycles. The molecule has 6 nitrogen and oxygen atoms in total. The summed E-state index contributed by atoms with van der Waals surface area (Å²) in [6, 6.07) is 5.52. The Labute approximate surface area is 114 Å². The van der Waals surface area contributed by atoms with Gasteiger partial charge >= 0.3 is 7.12 Å². The lowest BCUT2D eigenvalue weighted by Gasteiger charge is -2.47. The molecule has 0 spiro atoms. The van der Waals surface area contributed by atoms with Crippen molar-refractivity contribution >= 4 is 12.6 Å². The highest BCUT2D eigenvalue weighted by Gasteiger charge is 2.52. The minimum absolute atomic E-state index is 0.388. The van der Waals surface area contributed by atoms with Crippen molar-refractivity contribution in [3.8, 4) is 0 Å². The van der Waals surface area contributed by atoms with Gasteiger partial charge in [0.1, 0.15) is 30.2 Å². The molecule has 0 radical (unpaired) electrons. The van der Waals surface area contributed by atoms with Gasteiger partial charge < -0.3 is 29.4 Å². The number of rotatable bonds is 2. The number of aliphatic hydroxyl groups is 3. The SMILES string of the molecule is OC[C@H]1OC(O)[C@@H]2OB(c3ccc(F)cc3)O[C@H]1[C@@H]2O. The van der Waals surface area contributed by atoms with Gasteiger partial charge in [-0.15, -0.1) is 0 Å². The summed E-state index contributed by atoms with van der Waals surface area (Å²) in [5.41, 5.74) is 0.555. The summed E-state index contributed by atoms with van der Waals surface area (Å²) < 4.78 is 29.0. The van der Waals surface area contributed by atoms with Crippen molar-refractivity contribution in [2.45, 2.75) is 30.7 Å². The Kier molecular flexibility index (Phi) is 3.76. The predicted molar refractivity (Wildman–Crippen MR) is 65.5 cm³/mol. The van der Waals surface area contributed by atoms with Crippen molar-refractivity contribution < 1.29 is 33.8 Å². The van der Waals surface area contributed by atoms with Crippen LogP contribution in [-0.4, -0.2) is 59.8 Å². The summed E-state index contributed by atoms with van der Waals surface area (Å²) >= 11 is 0. The van der Waals surface area contributed by atoms with Crippen molar-refractivity contribution in [1.82, 2.24) is 0 Å². The fraction of sp³-hybridized carbons (Fsp3) is 0.500. The molecular formula is C12H14BFO6. The van der Waals surface area contributed by atoms with Crippen LogP contribution in [0.4, 0.5) is 4.39 Å². The van der Waals surface area contributed by atoms with E-state index in [2.05, 4.69) is 0 Å². The Morgan fingerprint density at radius 1 is 1.10 bits per heavy atom. The molecule has 0 aliphatic carbocycles. The number of fused-ring (bicyclic) bond motifs is 2. The van der Waals surface area contributed by atoms with Crippen LogP contribution >= 0.6 is 0 Å². The van der Waals surface area contributed by atoms with Gasteiger partial charge in [-0.05, 0) is 17.6 Å². The number of benzene rings is 1. The molecule has 2 aliphatic rings. The summed E-state index contributed by atoms with van der Waals surface area (Å²) in [5, 5.41) is 29.0. The molecule has 1 aromatic rings. The van der Waals surface area contributed by atoms with Crippen molar-refractivity contribution in [3.05, 3.63) is 30.1 Å². The molecule has 8 heteroatoms. The second-order valence-corrected chi connectivity index (χ2v) is 4.82. The molecule has 0 amide bonds. The highest BCUT2D eigenvalue weighted by Crippen LogP contribution is 2.29.